The molecule has 0 aromatic rings. The molecule has 0 nitrogen and oxygen atoms in total. The van der Waals surface area contributed by atoms with E-state index < -0.39 is 0 Å². The van der Waals surface area contributed by atoms with Crippen molar-refractivity contribution < 1.29 is 0 Å². The van der Waals surface area contributed by atoms with Gasteiger partial charge < -0.3 is 0 Å². The Morgan fingerprint density at radius 3 is 1.25 bits per heavy atom. The smallest absolute Gasteiger partial charge is 0 e. The molecule has 1 heteroatoms. The van der Waals surface area contributed by atoms with Crippen molar-refractivity contribution in [3.63, 3.8) is 0 Å². The number of rotatable bonds is 0. The summed E-state index contributed by atoms with van der Waals surface area (Å²) >= 11 is 0. The zero-order chi connectivity index (χ0) is 4.69. The van der Waals surface area contributed by atoms with E-state index >= 15 is 0 Å². The van der Waals surface area contributed by atoms with Crippen molar-refractivity contribution >= 4 is 8.41 Å². The minimum absolute atomic E-state index is 0. The fourth-order valence-electron chi connectivity index (χ4n) is 2.17. The Hall–Kier alpha value is 0.0649. The van der Waals surface area contributed by atoms with Gasteiger partial charge in [-0.15, -0.1) is 0 Å². The van der Waals surface area contributed by atoms with E-state index in [1.165, 1.54) is 11.8 Å². The molecule has 2 bridgehead atoms. The summed E-state index contributed by atoms with van der Waals surface area (Å²) < 4.78 is 0. The van der Waals surface area contributed by atoms with Crippen LogP contribution in [-0.4, -0.2) is 8.41 Å². The molecule has 0 aromatic heterocycles. The molecule has 3 radical (unpaired) electrons. The molecule has 0 spiro atoms. The number of hydrogen-bond donors (Lipinski definition) is 0. The summed E-state index contributed by atoms with van der Waals surface area (Å²) in [7, 11) is 0. The maximum Gasteiger partial charge on any atom is 0 e. The largest absolute Gasteiger partial charge is 0.0502 e. The second-order valence-electron chi connectivity index (χ2n) is 3.12. The Bertz CT molecular complexity index is 62.5. The van der Waals surface area contributed by atoms with Gasteiger partial charge in [-0.3, -0.25) is 0 Å². The second kappa shape index (κ2) is 2.12. The summed E-state index contributed by atoms with van der Waals surface area (Å²) in [5.41, 5.74) is 0. The van der Waals surface area contributed by atoms with Crippen molar-refractivity contribution in [1.82, 2.24) is 0 Å². The molecular weight excluding hydrogens is 94.9 g/mol. The van der Waals surface area contributed by atoms with Crippen LogP contribution in [0.1, 0.15) is 32.1 Å². The molecule has 2 rings (SSSR count). The van der Waals surface area contributed by atoms with Crippen LogP contribution in [-0.2, 0) is 0 Å². The van der Waals surface area contributed by atoms with Crippen LogP contribution >= 0.6 is 0 Å². The third-order valence-electron chi connectivity index (χ3n) is 2.63. The van der Waals surface area contributed by atoms with Crippen LogP contribution in [0.25, 0.3) is 0 Å². The monoisotopic (exact) mass is 107 g/mol. The lowest BCUT2D eigenvalue weighted by Gasteiger charge is -2.05. The molecule has 43 valence electrons. The highest BCUT2D eigenvalue weighted by Crippen LogP contribution is 2.43. The predicted octanol–water partition coefficient (Wildman–Crippen LogP) is 1.82. The first-order valence-corrected chi connectivity index (χ1v) is 3.45. The van der Waals surface area contributed by atoms with Crippen LogP contribution in [0.3, 0.4) is 0 Å². The molecule has 2 fully saturated rings. The van der Waals surface area contributed by atoms with Crippen molar-refractivity contribution in [3.05, 3.63) is 0 Å². The Labute approximate surface area is 53.2 Å². The first kappa shape index (κ1) is 6.19. The maximum atomic E-state index is 1.58. The van der Waals surface area contributed by atoms with Gasteiger partial charge in [0.15, 0.2) is 0 Å². The lowest BCUT2D eigenvalue weighted by Crippen LogP contribution is -1.90. The SMILES string of the molecule is C1CC2CCC1C2.[B]. The van der Waals surface area contributed by atoms with Gasteiger partial charge in [0, 0.05) is 8.41 Å². The van der Waals surface area contributed by atoms with Crippen LogP contribution < -0.4 is 0 Å². The van der Waals surface area contributed by atoms with E-state index in [0.29, 0.717) is 0 Å². The van der Waals surface area contributed by atoms with Crippen molar-refractivity contribution in [2.75, 3.05) is 0 Å². The van der Waals surface area contributed by atoms with E-state index in [2.05, 4.69) is 0 Å². The van der Waals surface area contributed by atoms with Gasteiger partial charge in [0.2, 0.25) is 0 Å². The zero-order valence-electron chi connectivity index (χ0n) is 5.27. The lowest BCUT2D eigenvalue weighted by atomic mass is 10.0. The van der Waals surface area contributed by atoms with E-state index in [9.17, 15) is 0 Å². The van der Waals surface area contributed by atoms with Gasteiger partial charge in [-0.2, -0.15) is 0 Å². The summed E-state index contributed by atoms with van der Waals surface area (Å²) in [5.74, 6) is 2.34. The molecular formula is C7H12B. The highest BCUT2D eigenvalue weighted by Gasteiger charge is 2.30. The third-order valence-corrected chi connectivity index (χ3v) is 2.63. The van der Waals surface area contributed by atoms with E-state index in [1.54, 1.807) is 32.1 Å². The Morgan fingerprint density at radius 1 is 0.750 bits per heavy atom. The highest BCUT2D eigenvalue weighted by molar-refractivity contribution is 5.75. The summed E-state index contributed by atoms with van der Waals surface area (Å²) in [6.07, 6.45) is 7.82. The van der Waals surface area contributed by atoms with Crippen LogP contribution in [0, 0.1) is 11.8 Å². The maximum absolute atomic E-state index is 1.58. The lowest BCUT2D eigenvalue weighted by molar-refractivity contribution is 0.480. The van der Waals surface area contributed by atoms with Gasteiger partial charge in [0.1, 0.15) is 0 Å². The van der Waals surface area contributed by atoms with Crippen molar-refractivity contribution in [3.8, 4) is 0 Å². The summed E-state index contributed by atoms with van der Waals surface area (Å²) in [6.45, 7) is 0. The van der Waals surface area contributed by atoms with Crippen molar-refractivity contribution in [2.24, 2.45) is 11.8 Å². The molecule has 0 saturated heterocycles. The van der Waals surface area contributed by atoms with Crippen LogP contribution in [0.2, 0.25) is 0 Å². The topological polar surface area (TPSA) is 0 Å². The predicted molar refractivity (Wildman–Crippen MR) is 35.8 cm³/mol. The molecule has 0 unspecified atom stereocenters. The first-order valence-electron chi connectivity index (χ1n) is 3.45. The Balaban J connectivity index is 0.000000320. The molecule has 0 N–H and O–H groups in total. The Kier molecular flexibility index (Phi) is 1.64. The number of hydrogen-bond acceptors (Lipinski definition) is 0. The molecule has 0 heterocycles. The molecule has 2 aliphatic rings. The Morgan fingerprint density at radius 2 is 1.12 bits per heavy atom. The van der Waals surface area contributed by atoms with Gasteiger partial charge in [-0.1, -0.05) is 25.7 Å². The minimum Gasteiger partial charge on any atom is -0.0502 e. The summed E-state index contributed by atoms with van der Waals surface area (Å²) in [4.78, 5) is 0. The van der Waals surface area contributed by atoms with Crippen LogP contribution in [0.15, 0.2) is 0 Å². The van der Waals surface area contributed by atoms with Crippen molar-refractivity contribution in [2.45, 2.75) is 32.1 Å². The van der Waals surface area contributed by atoms with E-state index in [4.69, 9.17) is 0 Å². The molecule has 8 heavy (non-hydrogen) atoms. The molecule has 0 aromatic carbocycles. The molecule has 0 atom stereocenters. The van der Waals surface area contributed by atoms with Crippen LogP contribution in [0.4, 0.5) is 0 Å². The molecule has 2 saturated carbocycles. The minimum atomic E-state index is 0. The number of fused-ring (bicyclic) bond motifs is 2. The molecule has 0 aliphatic heterocycles. The average molecular weight is 107 g/mol. The van der Waals surface area contributed by atoms with Crippen LogP contribution in [0.5, 0.6) is 0 Å². The average Bonchev–Trinajstić information content (AvgIpc) is 2.22. The van der Waals surface area contributed by atoms with Gasteiger partial charge in [-0.05, 0) is 18.3 Å². The van der Waals surface area contributed by atoms with E-state index in [-0.39, 0.29) is 8.41 Å². The summed E-state index contributed by atoms with van der Waals surface area (Å²) in [6, 6.07) is 0. The zero-order valence-corrected chi connectivity index (χ0v) is 5.27. The fourth-order valence-corrected chi connectivity index (χ4v) is 2.17. The summed E-state index contributed by atoms with van der Waals surface area (Å²) in [5, 5.41) is 0. The molecule has 2 aliphatic carbocycles. The quantitative estimate of drug-likeness (QED) is 0.414. The third kappa shape index (κ3) is 0.786. The second-order valence-corrected chi connectivity index (χ2v) is 3.12. The standard InChI is InChI=1S/C7H12.B/c1-2-7-4-3-6(1)5-7;/h6-7H,1-5H2;. The van der Waals surface area contributed by atoms with Gasteiger partial charge in [-0.25, -0.2) is 0 Å². The van der Waals surface area contributed by atoms with E-state index in [1.807, 2.05) is 0 Å². The highest BCUT2D eigenvalue weighted by atomic mass is 14.4. The normalized spacial score (nSPS) is 42.0. The van der Waals surface area contributed by atoms with Gasteiger partial charge in [0.25, 0.3) is 0 Å². The molecule has 0 amide bonds. The van der Waals surface area contributed by atoms with E-state index in [0.717, 1.165) is 0 Å². The first-order chi connectivity index (χ1) is 3.45. The van der Waals surface area contributed by atoms with Crippen molar-refractivity contribution in [1.29, 1.82) is 0 Å². The van der Waals surface area contributed by atoms with Gasteiger partial charge in [0.05, 0.1) is 0 Å². The fraction of sp³-hybridized carbons (Fsp3) is 1.00. The van der Waals surface area contributed by atoms with Gasteiger partial charge >= 0.3 is 0 Å².